The number of nitrogens with one attached hydrogen (secondary N) is 1. The maximum Gasteiger partial charge on any atom is 0.258 e. The molecule has 3 atom stereocenters. The van der Waals surface area contributed by atoms with E-state index >= 15 is 0 Å². The number of fused-ring (bicyclic) bond motifs is 2. The van der Waals surface area contributed by atoms with E-state index < -0.39 is 0 Å². The average molecular weight is 226 g/mol. The molecule has 2 bridgehead atoms. The average Bonchev–Trinajstić information content (AvgIpc) is 2.69. The summed E-state index contributed by atoms with van der Waals surface area (Å²) in [5.41, 5.74) is 0. The molecule has 2 rings (SSSR count). The van der Waals surface area contributed by atoms with Crippen molar-refractivity contribution in [2.75, 3.05) is 20.1 Å². The van der Waals surface area contributed by atoms with Crippen LogP contribution in [0.15, 0.2) is 0 Å². The first-order valence-corrected chi connectivity index (χ1v) is 5.78. The fraction of sp³-hybridized carbons (Fsp3) is 0.818. The number of carbonyl (C=O) groups is 2. The van der Waals surface area contributed by atoms with E-state index in [1.165, 1.54) is 4.90 Å². The molecule has 0 aromatic rings. The van der Waals surface area contributed by atoms with Gasteiger partial charge in [0.15, 0.2) is 0 Å². The highest BCUT2D eigenvalue weighted by Gasteiger charge is 2.46. The van der Waals surface area contributed by atoms with Gasteiger partial charge in [-0.15, -0.1) is 0 Å². The van der Waals surface area contributed by atoms with E-state index in [-0.39, 0.29) is 29.9 Å². The minimum absolute atomic E-state index is 0.151. The number of carbonyl (C=O) groups excluding carboxylic acids is 2. The van der Waals surface area contributed by atoms with E-state index in [9.17, 15) is 9.59 Å². The Morgan fingerprint density at radius 3 is 2.44 bits per heavy atom. The van der Waals surface area contributed by atoms with Crippen LogP contribution in [0.5, 0.6) is 0 Å². The highest BCUT2D eigenvalue weighted by molar-refractivity contribution is 6.02. The van der Waals surface area contributed by atoms with Crippen LogP contribution in [0.1, 0.15) is 19.8 Å². The number of amides is 2. The number of morpholine rings is 1. The van der Waals surface area contributed by atoms with Gasteiger partial charge in [-0.2, -0.15) is 0 Å². The molecule has 90 valence electrons. The number of hydrogen-bond donors (Lipinski definition) is 1. The predicted octanol–water partition coefficient (Wildman–Crippen LogP) is -0.242. The molecule has 2 fully saturated rings. The Morgan fingerprint density at radius 2 is 1.94 bits per heavy atom. The lowest BCUT2D eigenvalue weighted by Crippen LogP contribution is -2.53. The third-order valence-corrected chi connectivity index (χ3v) is 3.15. The lowest BCUT2D eigenvalue weighted by atomic mass is 10.1. The van der Waals surface area contributed by atoms with Crippen molar-refractivity contribution < 1.29 is 14.3 Å². The Hall–Kier alpha value is -0.940. The summed E-state index contributed by atoms with van der Waals surface area (Å²) in [5.74, 6) is -0.0289. The number of rotatable bonds is 4. The van der Waals surface area contributed by atoms with Gasteiger partial charge in [0.05, 0.1) is 0 Å². The van der Waals surface area contributed by atoms with E-state index in [1.807, 2.05) is 14.0 Å². The van der Waals surface area contributed by atoms with Crippen molar-refractivity contribution in [2.24, 2.45) is 5.92 Å². The molecule has 0 aromatic heterocycles. The molecule has 0 radical (unpaired) electrons. The van der Waals surface area contributed by atoms with Crippen molar-refractivity contribution in [2.45, 2.75) is 32.0 Å². The summed E-state index contributed by atoms with van der Waals surface area (Å²) in [7, 11) is 1.86. The van der Waals surface area contributed by atoms with Crippen LogP contribution in [0.3, 0.4) is 0 Å². The van der Waals surface area contributed by atoms with Crippen LogP contribution in [0.4, 0.5) is 0 Å². The summed E-state index contributed by atoms with van der Waals surface area (Å²) in [5, 5.41) is 3.04. The molecular formula is C11H18N2O3. The van der Waals surface area contributed by atoms with Crippen LogP contribution in [-0.2, 0) is 14.3 Å². The normalized spacial score (nSPS) is 31.0. The molecule has 0 aliphatic carbocycles. The molecule has 0 aromatic carbocycles. The largest absolute Gasteiger partial charge is 0.355 e. The Morgan fingerprint density at radius 1 is 1.38 bits per heavy atom. The van der Waals surface area contributed by atoms with Crippen molar-refractivity contribution in [3.8, 4) is 0 Å². The second-order valence-corrected chi connectivity index (χ2v) is 4.64. The fourth-order valence-electron chi connectivity index (χ4n) is 2.36. The lowest BCUT2D eigenvalue weighted by Gasteiger charge is -2.31. The van der Waals surface area contributed by atoms with Crippen LogP contribution < -0.4 is 5.32 Å². The Balaban J connectivity index is 2.02. The van der Waals surface area contributed by atoms with Crippen LogP contribution in [0, 0.1) is 5.92 Å². The first-order chi connectivity index (χ1) is 7.63. The Kier molecular flexibility index (Phi) is 3.25. The van der Waals surface area contributed by atoms with Gasteiger partial charge in [0.25, 0.3) is 11.8 Å². The summed E-state index contributed by atoms with van der Waals surface area (Å²) in [4.78, 5) is 25.2. The molecule has 2 saturated heterocycles. The summed E-state index contributed by atoms with van der Waals surface area (Å²) < 4.78 is 5.34. The van der Waals surface area contributed by atoms with E-state index in [0.717, 1.165) is 6.54 Å². The molecule has 2 aliphatic rings. The van der Waals surface area contributed by atoms with E-state index in [4.69, 9.17) is 4.74 Å². The van der Waals surface area contributed by atoms with Gasteiger partial charge in [0.2, 0.25) is 0 Å². The van der Waals surface area contributed by atoms with Crippen molar-refractivity contribution >= 4 is 11.8 Å². The third kappa shape index (κ3) is 1.97. The van der Waals surface area contributed by atoms with Gasteiger partial charge >= 0.3 is 0 Å². The molecule has 0 spiro atoms. The highest BCUT2D eigenvalue weighted by Crippen LogP contribution is 2.28. The van der Waals surface area contributed by atoms with Gasteiger partial charge in [-0.05, 0) is 32.4 Å². The topological polar surface area (TPSA) is 58.6 Å². The molecule has 2 heterocycles. The second-order valence-electron chi connectivity index (χ2n) is 4.64. The van der Waals surface area contributed by atoms with Crippen molar-refractivity contribution in [1.82, 2.24) is 10.2 Å². The van der Waals surface area contributed by atoms with Gasteiger partial charge in [0, 0.05) is 6.54 Å². The third-order valence-electron chi connectivity index (χ3n) is 3.15. The minimum Gasteiger partial charge on any atom is -0.355 e. The molecule has 0 saturated carbocycles. The first kappa shape index (κ1) is 11.5. The molecule has 2 aliphatic heterocycles. The molecular weight excluding hydrogens is 208 g/mol. The molecule has 16 heavy (non-hydrogen) atoms. The minimum atomic E-state index is -0.371. The smallest absolute Gasteiger partial charge is 0.258 e. The lowest BCUT2D eigenvalue weighted by molar-refractivity contribution is -0.169. The second kappa shape index (κ2) is 4.51. The predicted molar refractivity (Wildman–Crippen MR) is 57.7 cm³/mol. The van der Waals surface area contributed by atoms with Crippen LogP contribution in [-0.4, -0.2) is 49.1 Å². The first-order valence-electron chi connectivity index (χ1n) is 5.78. The van der Waals surface area contributed by atoms with Gasteiger partial charge < -0.3 is 10.1 Å². The van der Waals surface area contributed by atoms with Gasteiger partial charge in [-0.1, -0.05) is 6.92 Å². The number of hydrogen-bond acceptors (Lipinski definition) is 4. The number of likely N-dealkylation sites (tertiary alicyclic amines) is 1. The monoisotopic (exact) mass is 226 g/mol. The van der Waals surface area contributed by atoms with Crippen LogP contribution in [0.2, 0.25) is 0 Å². The quantitative estimate of drug-likeness (QED) is 0.672. The van der Waals surface area contributed by atoms with Crippen molar-refractivity contribution in [1.29, 1.82) is 0 Å². The van der Waals surface area contributed by atoms with Crippen LogP contribution in [0.25, 0.3) is 0 Å². The molecule has 2 amide bonds. The maximum atomic E-state index is 11.9. The van der Waals surface area contributed by atoms with Crippen LogP contribution >= 0.6 is 0 Å². The molecule has 1 N–H and O–H groups in total. The Bertz CT molecular complexity index is 284. The fourth-order valence-corrected chi connectivity index (χ4v) is 2.36. The van der Waals surface area contributed by atoms with E-state index in [2.05, 4.69) is 5.32 Å². The molecule has 5 nitrogen and oxygen atoms in total. The summed E-state index contributed by atoms with van der Waals surface area (Å²) in [6.07, 6.45) is 0.632. The summed E-state index contributed by atoms with van der Waals surface area (Å²) in [6.45, 7) is 3.32. The number of imide groups is 1. The molecule has 3 unspecified atom stereocenters. The van der Waals surface area contributed by atoms with E-state index in [1.54, 1.807) is 0 Å². The van der Waals surface area contributed by atoms with E-state index in [0.29, 0.717) is 19.4 Å². The standard InChI is InChI=1S/C11H18N2O3/c1-7(5-12-2)6-13-10(14)8-3-4-9(16-8)11(13)15/h7-9,12H,3-6H2,1-2H3. The van der Waals surface area contributed by atoms with Crippen molar-refractivity contribution in [3.63, 3.8) is 0 Å². The zero-order valence-corrected chi connectivity index (χ0v) is 9.73. The van der Waals surface area contributed by atoms with Gasteiger partial charge in [0.1, 0.15) is 12.2 Å². The summed E-state index contributed by atoms with van der Waals surface area (Å²) in [6, 6.07) is 0. The number of ether oxygens (including phenoxy) is 1. The highest BCUT2D eigenvalue weighted by atomic mass is 16.5. The maximum absolute atomic E-state index is 11.9. The Labute approximate surface area is 95.1 Å². The van der Waals surface area contributed by atoms with Gasteiger partial charge in [-0.25, -0.2) is 0 Å². The van der Waals surface area contributed by atoms with Crippen molar-refractivity contribution in [3.05, 3.63) is 0 Å². The van der Waals surface area contributed by atoms with Gasteiger partial charge in [-0.3, -0.25) is 14.5 Å². The summed E-state index contributed by atoms with van der Waals surface area (Å²) >= 11 is 0. The zero-order chi connectivity index (χ0) is 11.7. The number of nitrogens with zero attached hydrogens (tertiary/aromatic N) is 1. The molecule has 5 heteroatoms. The SMILES string of the molecule is CNCC(C)CN1C(=O)C2CCC(O2)C1=O. The zero-order valence-electron chi connectivity index (χ0n) is 9.73.